The van der Waals surface area contributed by atoms with Crippen LogP contribution in [0.25, 0.3) is 22.1 Å². The molecule has 1 aliphatic rings. The lowest BCUT2D eigenvalue weighted by Crippen LogP contribution is -2.39. The van der Waals surface area contributed by atoms with Gasteiger partial charge in [0, 0.05) is 36.2 Å². The number of hydrogen-bond donors (Lipinski definition) is 1. The molecular weight excluding hydrogens is 326 g/mol. The Bertz CT molecular complexity index is 1050. The molecule has 1 aromatic carbocycles. The normalized spacial score (nSPS) is 15.8. The average Bonchev–Trinajstić information content (AvgIpc) is 3.32. The molecule has 4 heterocycles. The number of amides is 1. The number of imidazole rings is 1. The minimum Gasteiger partial charge on any atom is -0.351 e. The van der Waals surface area contributed by atoms with Crippen LogP contribution in [-0.4, -0.2) is 43.4 Å². The van der Waals surface area contributed by atoms with Gasteiger partial charge in [-0.25, -0.2) is 9.97 Å². The summed E-state index contributed by atoms with van der Waals surface area (Å²) in [6.07, 6.45) is 5.49. The van der Waals surface area contributed by atoms with Gasteiger partial charge < -0.3 is 14.5 Å². The standard InChI is InChI=1S/C20H19N5O/c26-20(18-12-14-4-1-2-5-16(14)23-18)24-10-7-15(8-11-24)25-13-22-17-6-3-9-21-19(17)25/h1-6,9,12-13,15,23H,7-8,10-11H2. The van der Waals surface area contributed by atoms with Gasteiger partial charge in [-0.05, 0) is 37.1 Å². The zero-order valence-electron chi connectivity index (χ0n) is 14.3. The number of carbonyl (C=O) groups is 1. The summed E-state index contributed by atoms with van der Waals surface area (Å²) in [6.45, 7) is 1.48. The van der Waals surface area contributed by atoms with Gasteiger partial charge in [0.1, 0.15) is 11.2 Å². The molecule has 1 saturated heterocycles. The minimum atomic E-state index is 0.0771. The molecule has 0 aliphatic carbocycles. The highest BCUT2D eigenvalue weighted by Crippen LogP contribution is 2.26. The third kappa shape index (κ3) is 2.45. The first-order chi connectivity index (χ1) is 12.8. The Morgan fingerprint density at radius 3 is 2.77 bits per heavy atom. The van der Waals surface area contributed by atoms with Crippen LogP contribution in [0.1, 0.15) is 29.4 Å². The smallest absolute Gasteiger partial charge is 0.270 e. The second-order valence-corrected chi connectivity index (χ2v) is 6.79. The molecule has 1 fully saturated rings. The van der Waals surface area contributed by atoms with Crippen LogP contribution >= 0.6 is 0 Å². The highest BCUT2D eigenvalue weighted by Gasteiger charge is 2.26. The number of hydrogen-bond acceptors (Lipinski definition) is 3. The van der Waals surface area contributed by atoms with Crippen molar-refractivity contribution in [2.24, 2.45) is 0 Å². The number of H-pyrrole nitrogens is 1. The number of piperidine rings is 1. The third-order valence-electron chi connectivity index (χ3n) is 5.24. The number of benzene rings is 1. The zero-order chi connectivity index (χ0) is 17.5. The number of nitrogens with one attached hydrogen (secondary N) is 1. The maximum atomic E-state index is 12.8. The van der Waals surface area contributed by atoms with E-state index in [0.29, 0.717) is 11.7 Å². The molecule has 3 aromatic heterocycles. The molecule has 0 bridgehead atoms. The molecule has 1 N–H and O–H groups in total. The molecule has 5 rings (SSSR count). The summed E-state index contributed by atoms with van der Waals surface area (Å²) in [4.78, 5) is 26.9. The lowest BCUT2D eigenvalue weighted by Gasteiger charge is -2.32. The molecule has 6 nitrogen and oxygen atoms in total. The number of carbonyl (C=O) groups excluding carboxylic acids is 1. The molecule has 4 aromatic rings. The molecule has 6 heteroatoms. The second-order valence-electron chi connectivity index (χ2n) is 6.79. The van der Waals surface area contributed by atoms with E-state index in [4.69, 9.17) is 0 Å². The molecule has 0 radical (unpaired) electrons. The van der Waals surface area contributed by atoms with Crippen LogP contribution in [0.15, 0.2) is 55.0 Å². The monoisotopic (exact) mass is 345 g/mol. The molecule has 130 valence electrons. The fraction of sp³-hybridized carbons (Fsp3) is 0.250. The number of pyridine rings is 1. The SMILES string of the molecule is O=C(c1cc2ccccc2[nH]1)N1CCC(n2cnc3cccnc32)CC1. The lowest BCUT2D eigenvalue weighted by atomic mass is 10.0. The van der Waals surface area contributed by atoms with Crippen LogP contribution in [0.5, 0.6) is 0 Å². The van der Waals surface area contributed by atoms with Crippen LogP contribution in [-0.2, 0) is 0 Å². The van der Waals surface area contributed by atoms with Crippen LogP contribution in [0.3, 0.4) is 0 Å². The van der Waals surface area contributed by atoms with Gasteiger partial charge >= 0.3 is 0 Å². The van der Waals surface area contributed by atoms with Crippen molar-refractivity contribution in [2.45, 2.75) is 18.9 Å². The highest BCUT2D eigenvalue weighted by molar-refractivity contribution is 5.98. The first-order valence-corrected chi connectivity index (χ1v) is 8.94. The summed E-state index contributed by atoms with van der Waals surface area (Å²) < 4.78 is 2.15. The van der Waals surface area contributed by atoms with Gasteiger partial charge in [-0.3, -0.25) is 4.79 Å². The fourth-order valence-electron chi connectivity index (χ4n) is 3.84. The Morgan fingerprint density at radius 2 is 1.92 bits per heavy atom. The van der Waals surface area contributed by atoms with Gasteiger partial charge in [-0.15, -0.1) is 0 Å². The van der Waals surface area contributed by atoms with E-state index in [0.717, 1.165) is 48.0 Å². The fourth-order valence-corrected chi connectivity index (χ4v) is 3.84. The van der Waals surface area contributed by atoms with E-state index in [1.165, 1.54) is 0 Å². The first-order valence-electron chi connectivity index (χ1n) is 8.94. The molecular formula is C20H19N5O. The maximum absolute atomic E-state index is 12.8. The van der Waals surface area contributed by atoms with Gasteiger partial charge in [0.25, 0.3) is 5.91 Å². The predicted molar refractivity (Wildman–Crippen MR) is 100 cm³/mol. The van der Waals surface area contributed by atoms with E-state index in [1.54, 1.807) is 6.20 Å². The van der Waals surface area contributed by atoms with Gasteiger partial charge in [0.2, 0.25) is 0 Å². The molecule has 26 heavy (non-hydrogen) atoms. The molecule has 1 aliphatic heterocycles. The largest absolute Gasteiger partial charge is 0.351 e. The van der Waals surface area contributed by atoms with Gasteiger partial charge in [-0.1, -0.05) is 18.2 Å². The Hall–Kier alpha value is -3.15. The predicted octanol–water partition coefficient (Wildman–Crippen LogP) is 3.39. The van der Waals surface area contributed by atoms with E-state index >= 15 is 0 Å². The topological polar surface area (TPSA) is 66.8 Å². The van der Waals surface area contributed by atoms with Gasteiger partial charge in [0.05, 0.1) is 6.33 Å². The van der Waals surface area contributed by atoms with Crippen molar-refractivity contribution in [3.63, 3.8) is 0 Å². The second kappa shape index (κ2) is 5.98. The van der Waals surface area contributed by atoms with E-state index in [1.807, 2.05) is 53.7 Å². The molecule has 1 amide bonds. The molecule has 0 unspecified atom stereocenters. The first kappa shape index (κ1) is 15.1. The van der Waals surface area contributed by atoms with E-state index < -0.39 is 0 Å². The number of likely N-dealkylation sites (tertiary alicyclic amines) is 1. The number of rotatable bonds is 2. The molecule has 0 atom stereocenters. The van der Waals surface area contributed by atoms with Crippen LogP contribution < -0.4 is 0 Å². The van der Waals surface area contributed by atoms with E-state index in [2.05, 4.69) is 19.5 Å². The van der Waals surface area contributed by atoms with Crippen molar-refractivity contribution in [1.82, 2.24) is 24.4 Å². The minimum absolute atomic E-state index is 0.0771. The Kier molecular flexibility index (Phi) is 3.48. The number of para-hydroxylation sites is 1. The maximum Gasteiger partial charge on any atom is 0.270 e. The van der Waals surface area contributed by atoms with Crippen LogP contribution in [0.2, 0.25) is 0 Å². The highest BCUT2D eigenvalue weighted by atomic mass is 16.2. The summed E-state index contributed by atoms with van der Waals surface area (Å²) in [5, 5.41) is 1.07. The van der Waals surface area contributed by atoms with Crippen LogP contribution in [0, 0.1) is 0 Å². The third-order valence-corrected chi connectivity index (χ3v) is 5.24. The van der Waals surface area contributed by atoms with Crippen molar-refractivity contribution in [3.05, 3.63) is 60.7 Å². The van der Waals surface area contributed by atoms with Gasteiger partial charge in [0.15, 0.2) is 5.65 Å². The van der Waals surface area contributed by atoms with Crippen molar-refractivity contribution < 1.29 is 4.79 Å². The molecule has 0 spiro atoms. The summed E-state index contributed by atoms with van der Waals surface area (Å²) >= 11 is 0. The Balaban J connectivity index is 1.33. The summed E-state index contributed by atoms with van der Waals surface area (Å²) in [5.41, 5.74) is 3.51. The van der Waals surface area contributed by atoms with Crippen molar-refractivity contribution >= 4 is 28.0 Å². The van der Waals surface area contributed by atoms with Gasteiger partial charge in [-0.2, -0.15) is 0 Å². The number of fused-ring (bicyclic) bond motifs is 2. The number of nitrogens with zero attached hydrogens (tertiary/aromatic N) is 4. The summed E-state index contributed by atoms with van der Waals surface area (Å²) in [5.74, 6) is 0.0771. The molecule has 0 saturated carbocycles. The summed E-state index contributed by atoms with van der Waals surface area (Å²) in [7, 11) is 0. The van der Waals surface area contributed by atoms with E-state index in [-0.39, 0.29) is 5.91 Å². The van der Waals surface area contributed by atoms with Crippen molar-refractivity contribution in [3.8, 4) is 0 Å². The van der Waals surface area contributed by atoms with Crippen molar-refractivity contribution in [2.75, 3.05) is 13.1 Å². The Morgan fingerprint density at radius 1 is 1.08 bits per heavy atom. The quantitative estimate of drug-likeness (QED) is 0.605. The van der Waals surface area contributed by atoms with Crippen molar-refractivity contribution in [1.29, 1.82) is 0 Å². The van der Waals surface area contributed by atoms with E-state index in [9.17, 15) is 4.79 Å². The number of aromatic nitrogens is 4. The lowest BCUT2D eigenvalue weighted by molar-refractivity contribution is 0.0691. The summed E-state index contributed by atoms with van der Waals surface area (Å²) in [6, 6.07) is 14.1. The average molecular weight is 345 g/mol. The Labute approximate surface area is 150 Å². The van der Waals surface area contributed by atoms with Crippen LogP contribution in [0.4, 0.5) is 0 Å². The number of aromatic amines is 1. The zero-order valence-corrected chi connectivity index (χ0v) is 14.3.